The summed E-state index contributed by atoms with van der Waals surface area (Å²) in [6.07, 6.45) is 3.36. The number of aliphatic carboxylic acids is 1. The zero-order chi connectivity index (χ0) is 26.3. The van der Waals surface area contributed by atoms with E-state index in [9.17, 15) is 27.9 Å². The molecule has 0 unspecified atom stereocenters. The Bertz CT molecular complexity index is 1380. The van der Waals surface area contributed by atoms with Crippen LogP contribution in [0, 0.1) is 0 Å². The van der Waals surface area contributed by atoms with Gasteiger partial charge in [0.05, 0.1) is 10.6 Å². The number of carbonyl (C=O) groups excluding carboxylic acids is 2. The second-order valence-corrected chi connectivity index (χ2v) is 10.3. The lowest BCUT2D eigenvalue weighted by Gasteiger charge is -2.17. The van der Waals surface area contributed by atoms with Crippen LogP contribution in [0.4, 0.5) is 5.69 Å². The van der Waals surface area contributed by atoms with Crippen molar-refractivity contribution in [3.05, 3.63) is 78.1 Å². The molecule has 0 saturated heterocycles. The molecule has 2 amide bonds. The monoisotopic (exact) mass is 528 g/mol. The third kappa shape index (κ3) is 6.40. The molecule has 12 heteroatoms. The summed E-state index contributed by atoms with van der Waals surface area (Å²) in [6.45, 7) is 0. The van der Waals surface area contributed by atoms with E-state index in [2.05, 4.69) is 10.3 Å². The average molecular weight is 529 g/mol. The van der Waals surface area contributed by atoms with Crippen molar-refractivity contribution < 1.29 is 27.9 Å². The van der Waals surface area contributed by atoms with E-state index in [1.165, 1.54) is 42.2 Å². The molecule has 3 rings (SSSR count). The number of nitrogens with two attached hydrogens (primary N) is 1. The lowest BCUT2D eigenvalue weighted by molar-refractivity contribution is -0.139. The van der Waals surface area contributed by atoms with Gasteiger partial charge in [-0.05, 0) is 59.9 Å². The highest BCUT2D eigenvalue weighted by Crippen LogP contribution is 2.27. The molecule has 0 fully saturated rings. The van der Waals surface area contributed by atoms with Crippen molar-refractivity contribution in [3.8, 4) is 11.1 Å². The number of benzene rings is 2. The molecule has 1 heterocycles. The Balaban J connectivity index is 1.98. The first-order valence-corrected chi connectivity index (χ1v) is 13.5. The maximum atomic E-state index is 13.1. The van der Waals surface area contributed by atoms with Gasteiger partial charge in [-0.3, -0.25) is 9.59 Å². The zero-order valence-corrected chi connectivity index (χ0v) is 20.8. The quantitative estimate of drug-likeness (QED) is 0.309. The van der Waals surface area contributed by atoms with Crippen LogP contribution in [0.2, 0.25) is 0 Å². The number of pyridine rings is 1. The van der Waals surface area contributed by atoms with Crippen molar-refractivity contribution in [1.29, 1.82) is 0 Å². The number of hydrogen-bond acceptors (Lipinski definition) is 8. The summed E-state index contributed by atoms with van der Waals surface area (Å²) in [5.41, 5.74) is 6.33. The molecular formula is C24H24N4O6S2. The first kappa shape index (κ1) is 26.7. The molecule has 0 saturated carbocycles. The molecule has 1 aromatic heterocycles. The molecule has 0 aliphatic heterocycles. The third-order valence-electron chi connectivity index (χ3n) is 5.13. The van der Waals surface area contributed by atoms with Crippen LogP contribution >= 0.6 is 11.8 Å². The van der Waals surface area contributed by atoms with Gasteiger partial charge in [0.2, 0.25) is 0 Å². The Morgan fingerprint density at radius 2 is 1.78 bits per heavy atom. The molecule has 5 N–H and O–H groups in total. The normalized spacial score (nSPS) is 11.9. The van der Waals surface area contributed by atoms with Gasteiger partial charge >= 0.3 is 5.97 Å². The van der Waals surface area contributed by atoms with Gasteiger partial charge in [0.15, 0.2) is 5.69 Å². The molecule has 188 valence electrons. The Kier molecular flexibility index (Phi) is 8.67. The molecule has 0 aliphatic carbocycles. The topological polar surface area (TPSA) is 169 Å². The van der Waals surface area contributed by atoms with Crippen LogP contribution in [0.1, 0.15) is 27.3 Å². The summed E-state index contributed by atoms with van der Waals surface area (Å²) in [6, 6.07) is 14.0. The van der Waals surface area contributed by atoms with Crippen molar-refractivity contribution in [3.63, 3.8) is 0 Å². The Morgan fingerprint density at radius 3 is 2.42 bits per heavy atom. The SMILES string of the molecule is CSCC[C@H](NC(=O)c1ccc(S(=O)(=O)NC(=O)c2ncccc2N)cc1-c1ccccc1)C(=O)O. The highest BCUT2D eigenvalue weighted by Gasteiger charge is 2.25. The number of anilines is 1. The number of nitrogens with zero attached hydrogens (tertiary/aromatic N) is 1. The number of nitrogen functional groups attached to an aromatic ring is 1. The van der Waals surface area contributed by atoms with E-state index >= 15 is 0 Å². The van der Waals surface area contributed by atoms with Crippen molar-refractivity contribution >= 4 is 45.3 Å². The van der Waals surface area contributed by atoms with Crippen molar-refractivity contribution in [2.75, 3.05) is 17.7 Å². The van der Waals surface area contributed by atoms with E-state index in [1.54, 1.807) is 30.3 Å². The van der Waals surface area contributed by atoms with Gasteiger partial charge in [-0.1, -0.05) is 30.3 Å². The van der Waals surface area contributed by atoms with Crippen molar-refractivity contribution in [2.45, 2.75) is 17.4 Å². The van der Waals surface area contributed by atoms with Gasteiger partial charge in [0.25, 0.3) is 21.8 Å². The third-order valence-corrected chi connectivity index (χ3v) is 7.10. The maximum absolute atomic E-state index is 13.1. The molecule has 1 atom stereocenters. The van der Waals surface area contributed by atoms with Gasteiger partial charge in [-0.25, -0.2) is 22.9 Å². The number of rotatable bonds is 10. The predicted octanol–water partition coefficient (Wildman–Crippen LogP) is 2.39. The fourth-order valence-electron chi connectivity index (χ4n) is 3.31. The van der Waals surface area contributed by atoms with Crippen LogP contribution in [0.3, 0.4) is 0 Å². The molecule has 0 radical (unpaired) electrons. The number of amides is 2. The summed E-state index contributed by atoms with van der Waals surface area (Å²) in [4.78, 5) is 40.7. The van der Waals surface area contributed by atoms with E-state index < -0.39 is 33.8 Å². The smallest absolute Gasteiger partial charge is 0.326 e. The molecular weight excluding hydrogens is 504 g/mol. The first-order chi connectivity index (χ1) is 17.1. The van der Waals surface area contributed by atoms with Gasteiger partial charge in [0, 0.05) is 11.8 Å². The highest BCUT2D eigenvalue weighted by molar-refractivity contribution is 7.98. The number of aromatic nitrogens is 1. The second kappa shape index (κ2) is 11.7. The molecule has 2 aromatic carbocycles. The molecule has 0 spiro atoms. The van der Waals surface area contributed by atoms with E-state index in [1.807, 2.05) is 11.0 Å². The zero-order valence-electron chi connectivity index (χ0n) is 19.2. The fraction of sp³-hybridized carbons (Fsp3) is 0.167. The Labute approximate surface area is 212 Å². The standard InChI is InChI=1S/C24H24N4O6S2/c1-35-13-11-20(24(31)32)27-22(29)17-10-9-16(14-18(17)15-6-3-2-4-7-15)36(33,34)28-23(30)21-19(25)8-5-12-26-21/h2-10,12,14,20H,11,13,25H2,1H3,(H,27,29)(H,28,30)(H,31,32)/t20-/m0/s1. The summed E-state index contributed by atoms with van der Waals surface area (Å²) >= 11 is 1.45. The number of carboxylic acids is 1. The summed E-state index contributed by atoms with van der Waals surface area (Å²) in [5, 5.41) is 12.0. The minimum absolute atomic E-state index is 0.0108. The molecule has 0 aliphatic rings. The van der Waals surface area contributed by atoms with Gasteiger partial charge in [-0.15, -0.1) is 0 Å². The molecule has 0 bridgehead atoms. The van der Waals surface area contributed by atoms with Crippen LogP contribution in [-0.4, -0.2) is 54.3 Å². The number of hydrogen-bond donors (Lipinski definition) is 4. The number of carbonyl (C=O) groups is 3. The van der Waals surface area contributed by atoms with Gasteiger partial charge < -0.3 is 16.2 Å². The largest absolute Gasteiger partial charge is 0.480 e. The van der Waals surface area contributed by atoms with Crippen LogP contribution in [0.25, 0.3) is 11.1 Å². The Morgan fingerprint density at radius 1 is 1.06 bits per heavy atom. The van der Waals surface area contributed by atoms with Crippen LogP contribution < -0.4 is 15.8 Å². The van der Waals surface area contributed by atoms with Crippen molar-refractivity contribution in [1.82, 2.24) is 15.0 Å². The van der Waals surface area contributed by atoms with Gasteiger partial charge in [0.1, 0.15) is 6.04 Å². The minimum Gasteiger partial charge on any atom is -0.480 e. The lowest BCUT2D eigenvalue weighted by Crippen LogP contribution is -2.41. The minimum atomic E-state index is -4.37. The Hall–Kier alpha value is -3.90. The number of nitrogens with one attached hydrogen (secondary N) is 2. The van der Waals surface area contributed by atoms with Crippen LogP contribution in [0.15, 0.2) is 71.8 Å². The predicted molar refractivity (Wildman–Crippen MR) is 137 cm³/mol. The van der Waals surface area contributed by atoms with Crippen molar-refractivity contribution in [2.24, 2.45) is 0 Å². The highest BCUT2D eigenvalue weighted by atomic mass is 32.2. The van der Waals surface area contributed by atoms with E-state index in [0.717, 1.165) is 6.07 Å². The summed E-state index contributed by atoms with van der Waals surface area (Å²) < 4.78 is 27.9. The molecule has 3 aromatic rings. The second-order valence-electron chi connectivity index (χ2n) is 7.60. The number of carboxylic acid groups (broad SMARTS) is 1. The van der Waals surface area contributed by atoms with E-state index in [-0.39, 0.29) is 33.8 Å². The van der Waals surface area contributed by atoms with E-state index in [0.29, 0.717) is 11.3 Å². The molecule has 10 nitrogen and oxygen atoms in total. The lowest BCUT2D eigenvalue weighted by atomic mass is 9.99. The number of thioether (sulfide) groups is 1. The van der Waals surface area contributed by atoms with Crippen LogP contribution in [0.5, 0.6) is 0 Å². The maximum Gasteiger partial charge on any atom is 0.326 e. The summed E-state index contributed by atoms with van der Waals surface area (Å²) in [7, 11) is -4.37. The fourth-order valence-corrected chi connectivity index (χ4v) is 4.76. The average Bonchev–Trinajstić information content (AvgIpc) is 2.86. The van der Waals surface area contributed by atoms with Crippen LogP contribution in [-0.2, 0) is 14.8 Å². The number of sulfonamides is 1. The van der Waals surface area contributed by atoms with E-state index in [4.69, 9.17) is 5.73 Å². The molecule has 36 heavy (non-hydrogen) atoms. The van der Waals surface area contributed by atoms with Gasteiger partial charge in [-0.2, -0.15) is 11.8 Å². The first-order valence-electron chi connectivity index (χ1n) is 10.6. The summed E-state index contributed by atoms with van der Waals surface area (Å²) in [5.74, 6) is -2.32.